The molecule has 1 N–H and O–H groups in total. The summed E-state index contributed by atoms with van der Waals surface area (Å²) in [5, 5.41) is 4.51. The fraction of sp³-hybridized carbons (Fsp3) is 0.450. The van der Waals surface area contributed by atoms with Gasteiger partial charge in [-0.1, -0.05) is 31.2 Å². The third-order valence-electron chi connectivity index (χ3n) is 4.62. The molecule has 0 radical (unpaired) electrons. The first kappa shape index (κ1) is 17.4. The van der Waals surface area contributed by atoms with Crippen molar-refractivity contribution in [1.82, 2.24) is 9.97 Å². The molecule has 5 nitrogen and oxygen atoms in total. The van der Waals surface area contributed by atoms with Gasteiger partial charge < -0.3 is 4.90 Å². The second-order valence-corrected chi connectivity index (χ2v) is 6.57. The van der Waals surface area contributed by atoms with E-state index in [0.29, 0.717) is 0 Å². The standard InChI is InChI=1S/C20H27N5/c1-4-17-8-10-18(11-9-17)15(2)23-24-19-14-20(22-16(3)21-19)25-12-6-5-7-13-25/h8-11,14H,4-7,12-13H2,1-3H3,(H,21,22,24)/b23-15-. The van der Waals surface area contributed by atoms with Crippen molar-refractivity contribution in [3.8, 4) is 0 Å². The van der Waals surface area contributed by atoms with Crippen LogP contribution in [0, 0.1) is 6.92 Å². The highest BCUT2D eigenvalue weighted by molar-refractivity contribution is 5.99. The van der Waals surface area contributed by atoms with Crippen molar-refractivity contribution in [2.24, 2.45) is 5.10 Å². The van der Waals surface area contributed by atoms with Gasteiger partial charge >= 0.3 is 0 Å². The molecule has 132 valence electrons. The van der Waals surface area contributed by atoms with Crippen LogP contribution in [0.3, 0.4) is 0 Å². The summed E-state index contributed by atoms with van der Waals surface area (Å²) in [6, 6.07) is 10.5. The van der Waals surface area contributed by atoms with E-state index in [4.69, 9.17) is 0 Å². The summed E-state index contributed by atoms with van der Waals surface area (Å²) in [6.45, 7) is 8.24. The van der Waals surface area contributed by atoms with Gasteiger partial charge in [0, 0.05) is 19.2 Å². The molecule has 0 atom stereocenters. The normalized spacial score (nSPS) is 15.3. The maximum atomic E-state index is 4.59. The van der Waals surface area contributed by atoms with Gasteiger partial charge in [0.25, 0.3) is 0 Å². The van der Waals surface area contributed by atoms with Gasteiger partial charge in [0.05, 0.1) is 5.71 Å². The average Bonchev–Trinajstić information content (AvgIpc) is 2.66. The molecular weight excluding hydrogens is 310 g/mol. The summed E-state index contributed by atoms with van der Waals surface area (Å²) in [4.78, 5) is 11.4. The van der Waals surface area contributed by atoms with Gasteiger partial charge in [0.15, 0.2) is 5.82 Å². The zero-order chi connectivity index (χ0) is 17.6. The SMILES string of the molecule is CCc1ccc(/C(C)=N\Nc2cc(N3CCCCC3)nc(C)n2)cc1. The minimum Gasteiger partial charge on any atom is -0.356 e. The summed E-state index contributed by atoms with van der Waals surface area (Å²) in [7, 11) is 0. The largest absolute Gasteiger partial charge is 0.356 e. The molecule has 0 unspecified atom stereocenters. The van der Waals surface area contributed by atoms with Crippen LogP contribution < -0.4 is 10.3 Å². The first-order valence-electron chi connectivity index (χ1n) is 9.16. The van der Waals surface area contributed by atoms with Crippen molar-refractivity contribution in [2.75, 3.05) is 23.4 Å². The molecule has 0 spiro atoms. The fourth-order valence-electron chi connectivity index (χ4n) is 3.08. The molecule has 0 amide bonds. The molecule has 25 heavy (non-hydrogen) atoms. The lowest BCUT2D eigenvalue weighted by Crippen LogP contribution is -2.30. The Hall–Kier alpha value is -2.43. The Morgan fingerprint density at radius 1 is 1.12 bits per heavy atom. The summed E-state index contributed by atoms with van der Waals surface area (Å²) in [5.74, 6) is 2.51. The Morgan fingerprint density at radius 3 is 2.52 bits per heavy atom. The Bertz CT molecular complexity index is 730. The average molecular weight is 337 g/mol. The molecule has 1 aliphatic heterocycles. The van der Waals surface area contributed by atoms with E-state index < -0.39 is 0 Å². The summed E-state index contributed by atoms with van der Waals surface area (Å²) in [5.41, 5.74) is 6.50. The van der Waals surface area contributed by atoms with E-state index >= 15 is 0 Å². The summed E-state index contributed by atoms with van der Waals surface area (Å²) in [6.07, 6.45) is 4.83. The Kier molecular flexibility index (Phi) is 5.64. The Morgan fingerprint density at radius 2 is 1.84 bits per heavy atom. The van der Waals surface area contributed by atoms with Crippen molar-refractivity contribution in [2.45, 2.75) is 46.5 Å². The molecule has 1 aliphatic rings. The molecule has 2 aromatic rings. The van der Waals surface area contributed by atoms with E-state index in [1.54, 1.807) is 0 Å². The van der Waals surface area contributed by atoms with Crippen LogP contribution in [-0.2, 0) is 6.42 Å². The lowest BCUT2D eigenvalue weighted by atomic mass is 10.1. The Balaban J connectivity index is 1.73. The van der Waals surface area contributed by atoms with E-state index in [-0.39, 0.29) is 0 Å². The van der Waals surface area contributed by atoms with Crippen molar-refractivity contribution in [3.05, 3.63) is 47.3 Å². The predicted octanol–water partition coefficient (Wildman–Crippen LogP) is 4.17. The van der Waals surface area contributed by atoms with Crippen molar-refractivity contribution in [1.29, 1.82) is 0 Å². The van der Waals surface area contributed by atoms with E-state index in [2.05, 4.69) is 56.6 Å². The van der Waals surface area contributed by atoms with Crippen LogP contribution in [-0.4, -0.2) is 28.8 Å². The Labute approximate surface area is 150 Å². The van der Waals surface area contributed by atoms with Crippen LogP contribution in [0.15, 0.2) is 35.4 Å². The molecule has 1 aromatic carbocycles. The molecule has 3 rings (SSSR count). The van der Waals surface area contributed by atoms with E-state index in [9.17, 15) is 0 Å². The van der Waals surface area contributed by atoms with Gasteiger partial charge in [-0.25, -0.2) is 9.97 Å². The smallest absolute Gasteiger partial charge is 0.152 e. The number of nitrogens with zero attached hydrogens (tertiary/aromatic N) is 4. The van der Waals surface area contributed by atoms with E-state index in [1.807, 2.05) is 19.9 Å². The van der Waals surface area contributed by atoms with Crippen LogP contribution in [0.25, 0.3) is 0 Å². The van der Waals surface area contributed by atoms with E-state index in [1.165, 1.54) is 24.8 Å². The number of anilines is 2. The van der Waals surface area contributed by atoms with E-state index in [0.717, 1.165) is 48.2 Å². The number of aryl methyl sites for hydroxylation is 2. The number of piperidine rings is 1. The van der Waals surface area contributed by atoms with Gasteiger partial charge in [-0.15, -0.1) is 0 Å². The third kappa shape index (κ3) is 4.56. The minimum absolute atomic E-state index is 0.748. The van der Waals surface area contributed by atoms with Crippen LogP contribution in [0.5, 0.6) is 0 Å². The van der Waals surface area contributed by atoms with Crippen molar-refractivity contribution < 1.29 is 0 Å². The topological polar surface area (TPSA) is 53.4 Å². The maximum Gasteiger partial charge on any atom is 0.152 e. The number of aromatic nitrogens is 2. The molecule has 1 fully saturated rings. The molecule has 0 saturated carbocycles. The monoisotopic (exact) mass is 337 g/mol. The van der Waals surface area contributed by atoms with Gasteiger partial charge in [0.1, 0.15) is 11.6 Å². The number of rotatable bonds is 5. The lowest BCUT2D eigenvalue weighted by Gasteiger charge is -2.28. The second kappa shape index (κ2) is 8.10. The first-order chi connectivity index (χ1) is 12.2. The van der Waals surface area contributed by atoms with Crippen molar-refractivity contribution >= 4 is 17.3 Å². The molecular formula is C20H27N5. The highest BCUT2D eigenvalue weighted by atomic mass is 15.3. The van der Waals surface area contributed by atoms with Gasteiger partial charge in [-0.05, 0) is 50.7 Å². The van der Waals surface area contributed by atoms with Gasteiger partial charge in [-0.2, -0.15) is 5.10 Å². The van der Waals surface area contributed by atoms with Crippen LogP contribution in [0.1, 0.15) is 50.1 Å². The highest BCUT2D eigenvalue weighted by Crippen LogP contribution is 2.20. The van der Waals surface area contributed by atoms with Crippen molar-refractivity contribution in [3.63, 3.8) is 0 Å². The number of nitrogens with one attached hydrogen (secondary N) is 1. The quantitative estimate of drug-likeness (QED) is 0.657. The zero-order valence-corrected chi connectivity index (χ0v) is 15.4. The molecule has 2 heterocycles. The molecule has 1 saturated heterocycles. The van der Waals surface area contributed by atoms with Gasteiger partial charge in [-0.3, -0.25) is 5.43 Å². The number of hydrazone groups is 1. The minimum atomic E-state index is 0.748. The summed E-state index contributed by atoms with van der Waals surface area (Å²) < 4.78 is 0. The van der Waals surface area contributed by atoms with Gasteiger partial charge in [0.2, 0.25) is 0 Å². The second-order valence-electron chi connectivity index (χ2n) is 6.57. The molecule has 0 bridgehead atoms. The third-order valence-corrected chi connectivity index (χ3v) is 4.62. The number of hydrogen-bond donors (Lipinski definition) is 1. The number of benzene rings is 1. The molecule has 5 heteroatoms. The predicted molar refractivity (Wildman–Crippen MR) is 104 cm³/mol. The zero-order valence-electron chi connectivity index (χ0n) is 15.4. The molecule has 0 aliphatic carbocycles. The maximum absolute atomic E-state index is 4.59. The molecule has 1 aromatic heterocycles. The number of hydrogen-bond acceptors (Lipinski definition) is 5. The summed E-state index contributed by atoms with van der Waals surface area (Å²) >= 11 is 0. The fourth-order valence-corrected chi connectivity index (χ4v) is 3.08. The highest BCUT2D eigenvalue weighted by Gasteiger charge is 2.13. The van der Waals surface area contributed by atoms with Crippen LogP contribution in [0.2, 0.25) is 0 Å². The van der Waals surface area contributed by atoms with Crippen LogP contribution >= 0.6 is 0 Å². The first-order valence-corrected chi connectivity index (χ1v) is 9.16. The lowest BCUT2D eigenvalue weighted by molar-refractivity contribution is 0.572. The van der Waals surface area contributed by atoms with Crippen LogP contribution in [0.4, 0.5) is 11.6 Å².